The van der Waals surface area contributed by atoms with Gasteiger partial charge in [-0.15, -0.1) is 5.10 Å². The zero-order valence-corrected chi connectivity index (χ0v) is 12.4. The van der Waals surface area contributed by atoms with Gasteiger partial charge in [0.1, 0.15) is 5.82 Å². The lowest BCUT2D eigenvalue weighted by atomic mass is 10.4. The summed E-state index contributed by atoms with van der Waals surface area (Å²) in [5.74, 6) is 1.47. The fourth-order valence-electron chi connectivity index (χ4n) is 2.00. The molecule has 2 aromatic rings. The first kappa shape index (κ1) is 15.0. The van der Waals surface area contributed by atoms with Gasteiger partial charge in [0, 0.05) is 38.4 Å². The van der Waals surface area contributed by atoms with E-state index in [9.17, 15) is 4.79 Å². The van der Waals surface area contributed by atoms with E-state index in [1.165, 1.54) is 0 Å². The highest BCUT2D eigenvalue weighted by molar-refractivity contribution is 5.87. The Labute approximate surface area is 123 Å². The normalized spacial score (nSPS) is 10.6. The van der Waals surface area contributed by atoms with Gasteiger partial charge in [-0.1, -0.05) is 19.1 Å². The maximum Gasteiger partial charge on any atom is 0.320 e. The van der Waals surface area contributed by atoms with E-state index in [4.69, 9.17) is 0 Å². The number of hydrogen-bond acceptors (Lipinski definition) is 4. The summed E-state index contributed by atoms with van der Waals surface area (Å²) in [6.45, 7) is 6.12. The highest BCUT2D eigenvalue weighted by atomic mass is 16.2. The van der Waals surface area contributed by atoms with E-state index in [1.807, 2.05) is 10.8 Å². The first-order valence-corrected chi connectivity index (χ1v) is 7.18. The summed E-state index contributed by atoms with van der Waals surface area (Å²) >= 11 is 0. The summed E-state index contributed by atoms with van der Waals surface area (Å²) in [7, 11) is 0. The second-order valence-electron chi connectivity index (χ2n) is 4.64. The third kappa shape index (κ3) is 4.30. The molecule has 0 aromatic carbocycles. The van der Waals surface area contributed by atoms with Crippen molar-refractivity contribution in [2.45, 2.75) is 39.8 Å². The fourth-order valence-corrected chi connectivity index (χ4v) is 2.00. The predicted molar refractivity (Wildman–Crippen MR) is 78.9 cm³/mol. The summed E-state index contributed by atoms with van der Waals surface area (Å²) in [6.07, 6.45) is 7.24. The molecule has 0 saturated carbocycles. The molecule has 2 heterocycles. The van der Waals surface area contributed by atoms with Crippen molar-refractivity contribution in [2.24, 2.45) is 0 Å². The molecule has 0 radical (unpaired) electrons. The number of rotatable bonds is 7. The molecule has 0 bridgehead atoms. The molecule has 0 aliphatic rings. The molecule has 2 N–H and O–H groups in total. The molecule has 0 spiro atoms. The second kappa shape index (κ2) is 7.41. The molecule has 0 unspecified atom stereocenters. The maximum absolute atomic E-state index is 11.7. The van der Waals surface area contributed by atoms with Crippen LogP contribution in [0.4, 0.5) is 10.6 Å². The molecule has 114 valence electrons. The fraction of sp³-hybridized carbons (Fsp3) is 0.538. The third-order valence-electron chi connectivity index (χ3n) is 2.99. The lowest BCUT2D eigenvalue weighted by Gasteiger charge is -2.08. The SMILES string of the molecule is CCCn1cc(NC(=O)NCCn2ccnc2CC)nn1. The highest BCUT2D eigenvalue weighted by Gasteiger charge is 2.05. The molecular formula is C13H21N7O. The van der Waals surface area contributed by atoms with Crippen LogP contribution in [0.15, 0.2) is 18.6 Å². The van der Waals surface area contributed by atoms with Gasteiger partial charge in [-0.3, -0.25) is 10.00 Å². The third-order valence-corrected chi connectivity index (χ3v) is 2.99. The van der Waals surface area contributed by atoms with Crippen molar-refractivity contribution in [3.05, 3.63) is 24.4 Å². The molecule has 0 atom stereocenters. The Balaban J connectivity index is 1.74. The summed E-state index contributed by atoms with van der Waals surface area (Å²) < 4.78 is 3.73. The van der Waals surface area contributed by atoms with Crippen LogP contribution in [0.3, 0.4) is 0 Å². The van der Waals surface area contributed by atoms with Gasteiger partial charge in [0.15, 0.2) is 5.82 Å². The summed E-state index contributed by atoms with van der Waals surface area (Å²) in [4.78, 5) is 16.0. The maximum atomic E-state index is 11.7. The van der Waals surface area contributed by atoms with E-state index in [1.54, 1.807) is 17.1 Å². The molecule has 0 fully saturated rings. The summed E-state index contributed by atoms with van der Waals surface area (Å²) in [6, 6.07) is -0.281. The van der Waals surface area contributed by atoms with E-state index in [2.05, 4.69) is 39.8 Å². The highest BCUT2D eigenvalue weighted by Crippen LogP contribution is 2.00. The average molecular weight is 291 g/mol. The van der Waals surface area contributed by atoms with Crippen LogP contribution in [0, 0.1) is 0 Å². The quantitative estimate of drug-likeness (QED) is 0.804. The van der Waals surface area contributed by atoms with Crippen LogP contribution in [-0.2, 0) is 19.5 Å². The standard InChI is InChI=1S/C13H21N7O/c1-3-7-20-10-11(17-18-20)16-13(21)15-6-9-19-8-5-14-12(19)4-2/h5,8,10H,3-4,6-7,9H2,1-2H3,(H2,15,16,21). The molecule has 0 aliphatic heterocycles. The number of hydrogen-bond donors (Lipinski definition) is 2. The van der Waals surface area contributed by atoms with Crippen molar-refractivity contribution >= 4 is 11.8 Å². The molecule has 21 heavy (non-hydrogen) atoms. The van der Waals surface area contributed by atoms with Crippen LogP contribution in [-0.4, -0.2) is 37.1 Å². The minimum absolute atomic E-state index is 0.281. The topological polar surface area (TPSA) is 89.7 Å². The van der Waals surface area contributed by atoms with Crippen LogP contribution >= 0.6 is 0 Å². The van der Waals surface area contributed by atoms with E-state index in [0.717, 1.165) is 25.2 Å². The Morgan fingerprint density at radius 1 is 1.33 bits per heavy atom. The van der Waals surface area contributed by atoms with Gasteiger partial charge >= 0.3 is 6.03 Å². The summed E-state index contributed by atoms with van der Waals surface area (Å²) in [5.41, 5.74) is 0. The van der Waals surface area contributed by atoms with E-state index < -0.39 is 0 Å². The monoisotopic (exact) mass is 291 g/mol. The minimum Gasteiger partial charge on any atom is -0.336 e. The largest absolute Gasteiger partial charge is 0.336 e. The van der Waals surface area contributed by atoms with Gasteiger partial charge < -0.3 is 9.88 Å². The molecule has 2 amide bonds. The van der Waals surface area contributed by atoms with Crippen molar-refractivity contribution in [1.82, 2.24) is 29.9 Å². The number of anilines is 1. The molecule has 2 aromatic heterocycles. The van der Waals surface area contributed by atoms with Crippen molar-refractivity contribution in [2.75, 3.05) is 11.9 Å². The van der Waals surface area contributed by atoms with Gasteiger partial charge in [0.05, 0.1) is 6.20 Å². The van der Waals surface area contributed by atoms with E-state index in [-0.39, 0.29) is 6.03 Å². The van der Waals surface area contributed by atoms with E-state index in [0.29, 0.717) is 18.9 Å². The van der Waals surface area contributed by atoms with Crippen molar-refractivity contribution in [3.8, 4) is 0 Å². The van der Waals surface area contributed by atoms with Crippen LogP contribution in [0.2, 0.25) is 0 Å². The predicted octanol–water partition coefficient (Wildman–Crippen LogP) is 1.27. The van der Waals surface area contributed by atoms with Gasteiger partial charge in [-0.25, -0.2) is 9.78 Å². The Morgan fingerprint density at radius 3 is 2.95 bits per heavy atom. The minimum atomic E-state index is -0.281. The summed E-state index contributed by atoms with van der Waals surface area (Å²) in [5, 5.41) is 13.2. The number of imidazole rings is 1. The van der Waals surface area contributed by atoms with Gasteiger partial charge in [-0.05, 0) is 6.42 Å². The Morgan fingerprint density at radius 2 is 2.19 bits per heavy atom. The number of carbonyl (C=O) groups is 1. The second-order valence-corrected chi connectivity index (χ2v) is 4.64. The number of aryl methyl sites for hydroxylation is 2. The molecular weight excluding hydrogens is 270 g/mol. The molecule has 2 rings (SSSR count). The number of nitrogens with one attached hydrogen (secondary N) is 2. The van der Waals surface area contributed by atoms with Crippen molar-refractivity contribution < 1.29 is 4.79 Å². The zero-order valence-electron chi connectivity index (χ0n) is 12.4. The lowest BCUT2D eigenvalue weighted by molar-refractivity contribution is 0.251. The van der Waals surface area contributed by atoms with Crippen LogP contribution in [0.1, 0.15) is 26.1 Å². The first-order chi connectivity index (χ1) is 10.2. The number of amides is 2. The lowest BCUT2D eigenvalue weighted by Crippen LogP contribution is -2.31. The Bertz CT molecular complexity index is 575. The van der Waals surface area contributed by atoms with Crippen LogP contribution in [0.5, 0.6) is 0 Å². The van der Waals surface area contributed by atoms with Gasteiger partial charge in [0.25, 0.3) is 0 Å². The molecule has 8 nitrogen and oxygen atoms in total. The molecule has 0 aliphatic carbocycles. The first-order valence-electron chi connectivity index (χ1n) is 7.18. The van der Waals surface area contributed by atoms with Crippen LogP contribution < -0.4 is 10.6 Å². The number of urea groups is 1. The number of carbonyl (C=O) groups excluding carboxylic acids is 1. The number of aromatic nitrogens is 5. The Kier molecular flexibility index (Phi) is 5.30. The Hall–Kier alpha value is -2.38. The van der Waals surface area contributed by atoms with E-state index >= 15 is 0 Å². The van der Waals surface area contributed by atoms with Crippen molar-refractivity contribution in [1.29, 1.82) is 0 Å². The zero-order chi connectivity index (χ0) is 15.1. The van der Waals surface area contributed by atoms with Gasteiger partial charge in [-0.2, -0.15) is 0 Å². The van der Waals surface area contributed by atoms with Crippen LogP contribution in [0.25, 0.3) is 0 Å². The number of nitrogens with zero attached hydrogens (tertiary/aromatic N) is 5. The smallest absolute Gasteiger partial charge is 0.320 e. The average Bonchev–Trinajstić information content (AvgIpc) is 3.08. The molecule has 8 heteroatoms. The van der Waals surface area contributed by atoms with Crippen molar-refractivity contribution in [3.63, 3.8) is 0 Å². The molecule has 0 saturated heterocycles. The van der Waals surface area contributed by atoms with Gasteiger partial charge in [0.2, 0.25) is 0 Å².